The van der Waals surface area contributed by atoms with Crippen molar-refractivity contribution in [2.24, 2.45) is 0 Å². The van der Waals surface area contributed by atoms with Crippen LogP contribution in [0.15, 0.2) is 22.6 Å². The fourth-order valence-electron chi connectivity index (χ4n) is 2.06. The van der Waals surface area contributed by atoms with Crippen LogP contribution in [0.3, 0.4) is 0 Å². The Bertz CT molecular complexity index is 611. The van der Waals surface area contributed by atoms with Gasteiger partial charge >= 0.3 is 0 Å². The van der Waals surface area contributed by atoms with Crippen molar-refractivity contribution in [3.05, 3.63) is 34.5 Å². The average molecular weight is 331 g/mol. The van der Waals surface area contributed by atoms with Crippen molar-refractivity contribution in [3.63, 3.8) is 0 Å². The van der Waals surface area contributed by atoms with E-state index in [-0.39, 0.29) is 18.3 Å². The molecule has 0 aliphatic heterocycles. The number of benzene rings is 1. The van der Waals surface area contributed by atoms with Gasteiger partial charge in [0, 0.05) is 29.1 Å². The van der Waals surface area contributed by atoms with Crippen LogP contribution in [0, 0.1) is 6.92 Å². The highest BCUT2D eigenvalue weighted by molar-refractivity contribution is 6.31. The SMILES string of the molecule is CCCNCCNC(=O)c1oc2ccc(Cl)cc2c1C.Cl. The summed E-state index contributed by atoms with van der Waals surface area (Å²) in [5.74, 6) is 0.172. The average Bonchev–Trinajstić information content (AvgIpc) is 2.76. The van der Waals surface area contributed by atoms with Crippen LogP contribution >= 0.6 is 24.0 Å². The molecular formula is C15H20Cl2N2O2. The molecule has 2 aromatic rings. The van der Waals surface area contributed by atoms with E-state index < -0.39 is 0 Å². The van der Waals surface area contributed by atoms with Gasteiger partial charge in [-0.2, -0.15) is 0 Å². The molecule has 0 fully saturated rings. The Hall–Kier alpha value is -1.23. The van der Waals surface area contributed by atoms with E-state index in [0.717, 1.165) is 30.5 Å². The Morgan fingerprint density at radius 1 is 1.29 bits per heavy atom. The van der Waals surface area contributed by atoms with Gasteiger partial charge in [0.15, 0.2) is 5.76 Å². The van der Waals surface area contributed by atoms with E-state index in [9.17, 15) is 4.79 Å². The minimum absolute atomic E-state index is 0. The summed E-state index contributed by atoms with van der Waals surface area (Å²) < 4.78 is 5.60. The number of carbonyl (C=O) groups is 1. The number of furan rings is 1. The summed E-state index contributed by atoms with van der Waals surface area (Å²) in [4.78, 5) is 12.1. The summed E-state index contributed by atoms with van der Waals surface area (Å²) in [5, 5.41) is 7.59. The highest BCUT2D eigenvalue weighted by atomic mass is 35.5. The molecule has 4 nitrogen and oxygen atoms in total. The smallest absolute Gasteiger partial charge is 0.287 e. The largest absolute Gasteiger partial charge is 0.451 e. The number of nitrogens with one attached hydrogen (secondary N) is 2. The molecule has 0 radical (unpaired) electrons. The van der Waals surface area contributed by atoms with Gasteiger partial charge in [0.2, 0.25) is 0 Å². The normalized spacial score (nSPS) is 10.4. The van der Waals surface area contributed by atoms with E-state index in [4.69, 9.17) is 16.0 Å². The van der Waals surface area contributed by atoms with Crippen molar-refractivity contribution in [2.75, 3.05) is 19.6 Å². The first kappa shape index (κ1) is 17.8. The summed E-state index contributed by atoms with van der Waals surface area (Å²) in [6.45, 7) is 6.26. The van der Waals surface area contributed by atoms with Crippen molar-refractivity contribution < 1.29 is 9.21 Å². The fraction of sp³-hybridized carbons (Fsp3) is 0.400. The maximum Gasteiger partial charge on any atom is 0.287 e. The second kappa shape index (κ2) is 8.27. The van der Waals surface area contributed by atoms with E-state index in [1.54, 1.807) is 12.1 Å². The molecule has 1 aromatic carbocycles. The maximum absolute atomic E-state index is 12.1. The Kier molecular flexibility index (Phi) is 7.02. The number of hydrogen-bond donors (Lipinski definition) is 2. The van der Waals surface area contributed by atoms with E-state index in [1.807, 2.05) is 13.0 Å². The van der Waals surface area contributed by atoms with Crippen LogP contribution < -0.4 is 10.6 Å². The lowest BCUT2D eigenvalue weighted by Gasteiger charge is -2.04. The zero-order valence-electron chi connectivity index (χ0n) is 12.2. The molecule has 0 aliphatic rings. The molecule has 21 heavy (non-hydrogen) atoms. The van der Waals surface area contributed by atoms with Crippen LogP contribution in [-0.4, -0.2) is 25.5 Å². The Labute approximate surface area is 135 Å². The van der Waals surface area contributed by atoms with Crippen molar-refractivity contribution in [1.82, 2.24) is 10.6 Å². The molecule has 1 heterocycles. The quantitative estimate of drug-likeness (QED) is 0.796. The van der Waals surface area contributed by atoms with Crippen LogP contribution in [0.2, 0.25) is 5.02 Å². The lowest BCUT2D eigenvalue weighted by Crippen LogP contribution is -2.32. The second-order valence-corrected chi connectivity index (χ2v) is 5.14. The lowest BCUT2D eigenvalue weighted by atomic mass is 10.1. The zero-order valence-corrected chi connectivity index (χ0v) is 13.7. The minimum atomic E-state index is -0.187. The van der Waals surface area contributed by atoms with Gasteiger partial charge in [0.25, 0.3) is 5.91 Å². The predicted molar refractivity (Wildman–Crippen MR) is 88.7 cm³/mol. The summed E-state index contributed by atoms with van der Waals surface area (Å²) in [6.07, 6.45) is 1.08. The van der Waals surface area contributed by atoms with E-state index in [2.05, 4.69) is 17.6 Å². The molecule has 1 amide bonds. The van der Waals surface area contributed by atoms with Gasteiger partial charge in [0.1, 0.15) is 5.58 Å². The van der Waals surface area contributed by atoms with Gasteiger partial charge in [-0.25, -0.2) is 0 Å². The van der Waals surface area contributed by atoms with Crippen molar-refractivity contribution in [2.45, 2.75) is 20.3 Å². The molecule has 0 atom stereocenters. The Morgan fingerprint density at radius 3 is 2.76 bits per heavy atom. The molecule has 0 spiro atoms. The highest BCUT2D eigenvalue weighted by Crippen LogP contribution is 2.27. The first-order chi connectivity index (χ1) is 9.63. The first-order valence-corrected chi connectivity index (χ1v) is 7.19. The second-order valence-electron chi connectivity index (χ2n) is 4.70. The monoisotopic (exact) mass is 330 g/mol. The summed E-state index contributed by atoms with van der Waals surface area (Å²) in [6, 6.07) is 5.35. The molecular weight excluding hydrogens is 311 g/mol. The number of carbonyl (C=O) groups excluding carboxylic acids is 1. The summed E-state index contributed by atoms with van der Waals surface area (Å²) in [5.41, 5.74) is 1.50. The molecule has 0 bridgehead atoms. The van der Waals surface area contributed by atoms with Gasteiger partial charge in [-0.15, -0.1) is 12.4 Å². The molecule has 0 unspecified atom stereocenters. The highest BCUT2D eigenvalue weighted by Gasteiger charge is 2.17. The number of rotatable bonds is 6. The van der Waals surface area contributed by atoms with Crippen LogP contribution in [-0.2, 0) is 0 Å². The van der Waals surface area contributed by atoms with E-state index in [1.165, 1.54) is 0 Å². The molecule has 6 heteroatoms. The van der Waals surface area contributed by atoms with Gasteiger partial charge in [0.05, 0.1) is 0 Å². The molecule has 0 aliphatic carbocycles. The number of amides is 1. The number of aryl methyl sites for hydroxylation is 1. The Balaban J connectivity index is 0.00000220. The lowest BCUT2D eigenvalue weighted by molar-refractivity contribution is 0.0927. The third-order valence-electron chi connectivity index (χ3n) is 3.12. The van der Waals surface area contributed by atoms with E-state index in [0.29, 0.717) is 22.9 Å². The van der Waals surface area contributed by atoms with Crippen LogP contribution in [0.5, 0.6) is 0 Å². The number of hydrogen-bond acceptors (Lipinski definition) is 3. The molecule has 2 N–H and O–H groups in total. The standard InChI is InChI=1S/C15H19ClN2O2.ClH/c1-3-6-17-7-8-18-15(19)14-10(2)12-9-11(16)4-5-13(12)20-14;/h4-5,9,17H,3,6-8H2,1-2H3,(H,18,19);1H. The van der Waals surface area contributed by atoms with Gasteiger partial charge < -0.3 is 15.1 Å². The van der Waals surface area contributed by atoms with Crippen molar-refractivity contribution >= 4 is 40.9 Å². The molecule has 0 saturated heterocycles. The fourth-order valence-corrected chi connectivity index (χ4v) is 2.23. The minimum Gasteiger partial charge on any atom is -0.451 e. The number of halogens is 2. The summed E-state index contributed by atoms with van der Waals surface area (Å²) >= 11 is 5.96. The van der Waals surface area contributed by atoms with Crippen LogP contribution in [0.1, 0.15) is 29.5 Å². The van der Waals surface area contributed by atoms with Gasteiger partial charge in [-0.3, -0.25) is 4.79 Å². The Morgan fingerprint density at radius 2 is 2.05 bits per heavy atom. The number of fused-ring (bicyclic) bond motifs is 1. The molecule has 1 aromatic heterocycles. The topological polar surface area (TPSA) is 54.3 Å². The third-order valence-corrected chi connectivity index (χ3v) is 3.35. The maximum atomic E-state index is 12.1. The molecule has 2 rings (SSSR count). The molecule has 116 valence electrons. The van der Waals surface area contributed by atoms with E-state index >= 15 is 0 Å². The first-order valence-electron chi connectivity index (χ1n) is 6.81. The predicted octanol–water partition coefficient (Wildman–Crippen LogP) is 3.55. The van der Waals surface area contributed by atoms with Gasteiger partial charge in [-0.05, 0) is 38.1 Å². The van der Waals surface area contributed by atoms with Gasteiger partial charge in [-0.1, -0.05) is 18.5 Å². The van der Waals surface area contributed by atoms with Crippen LogP contribution in [0.4, 0.5) is 0 Å². The summed E-state index contributed by atoms with van der Waals surface area (Å²) in [7, 11) is 0. The zero-order chi connectivity index (χ0) is 14.5. The van der Waals surface area contributed by atoms with Crippen molar-refractivity contribution in [3.8, 4) is 0 Å². The van der Waals surface area contributed by atoms with Crippen LogP contribution in [0.25, 0.3) is 11.0 Å². The van der Waals surface area contributed by atoms with Crippen molar-refractivity contribution in [1.29, 1.82) is 0 Å². The third kappa shape index (κ3) is 4.37. The molecule has 0 saturated carbocycles.